The predicted octanol–water partition coefficient (Wildman–Crippen LogP) is 0.533. The summed E-state index contributed by atoms with van der Waals surface area (Å²) in [4.78, 5) is 106. The number of likely N-dealkylation sites (tertiary alicyclic amines) is 2. The van der Waals surface area contributed by atoms with Gasteiger partial charge in [-0.1, -0.05) is 48.5 Å². The Kier molecular flexibility index (Phi) is 15.0. The first-order chi connectivity index (χ1) is 28.7. The van der Waals surface area contributed by atoms with E-state index in [0.717, 1.165) is 27.2 Å². The minimum atomic E-state index is -1.75. The van der Waals surface area contributed by atoms with Gasteiger partial charge >= 0.3 is 24.0 Å². The van der Waals surface area contributed by atoms with Crippen LogP contribution in [0.1, 0.15) is 74.8 Å². The fraction of sp³-hybridized carbons (Fsp3) is 0.475. The van der Waals surface area contributed by atoms with Crippen molar-refractivity contribution in [2.24, 2.45) is 5.73 Å². The average molecular weight is 835 g/mol. The number of rotatable bonds is 19. The number of aliphatic carboxylic acids is 3. The second-order valence-corrected chi connectivity index (χ2v) is 14.9. The number of carboxylic acids is 3. The van der Waals surface area contributed by atoms with Crippen LogP contribution in [0.2, 0.25) is 0 Å². The molecule has 0 saturated carbocycles. The second-order valence-electron chi connectivity index (χ2n) is 14.9. The van der Waals surface area contributed by atoms with Crippen LogP contribution in [0.15, 0.2) is 48.5 Å². The molecule has 20 nitrogen and oxygen atoms in total. The standard InChI is InChI=1S/C40H50N8O12/c41-39(42)43-17-5-12-28(36(55)48-19-7-14-31(48)38(57)58)44-35(54)30-13-6-18-47(30)37(56)29(20-33(51)52)45-34(53)27(15-16-32(49)50)46-40(59)60-21-26-24-10-3-1-8-22(24)23-9-2-4-11-25(23)26/h1-4,8-11,26-31H,5-7,12-21H2,(H,44,54)(H,45,53)(H,46,59)(H,49,50)(H,51,52)(H,57,58)(H4,41,42,43)/t27-,28-,29-,30-,31-/m0/s1. The third-order valence-electron chi connectivity index (χ3n) is 10.9. The number of carbonyl (C=O) groups excluding carboxylic acids is 5. The monoisotopic (exact) mass is 834 g/mol. The molecule has 0 bridgehead atoms. The van der Waals surface area contributed by atoms with E-state index in [1.54, 1.807) is 0 Å². The summed E-state index contributed by atoms with van der Waals surface area (Å²) in [5.41, 5.74) is 9.17. The van der Waals surface area contributed by atoms with Crippen LogP contribution in [0.5, 0.6) is 0 Å². The Balaban J connectivity index is 1.26. The van der Waals surface area contributed by atoms with Crippen molar-refractivity contribution in [3.8, 4) is 11.1 Å². The van der Waals surface area contributed by atoms with Gasteiger partial charge in [-0.2, -0.15) is 0 Å². The molecule has 0 aromatic heterocycles. The molecule has 2 aliphatic heterocycles. The molecule has 5 rings (SSSR count). The van der Waals surface area contributed by atoms with Gasteiger partial charge < -0.3 is 56.9 Å². The van der Waals surface area contributed by atoms with E-state index < -0.39 is 97.1 Å². The van der Waals surface area contributed by atoms with Gasteiger partial charge in [0.25, 0.3) is 0 Å². The van der Waals surface area contributed by atoms with Crippen LogP contribution in [0.3, 0.4) is 0 Å². The molecular formula is C40H50N8O12. The Hall–Kier alpha value is -6.73. The number of alkyl carbamates (subject to hydrolysis) is 1. The number of amides is 5. The van der Waals surface area contributed by atoms with E-state index in [4.69, 9.17) is 15.9 Å². The molecule has 322 valence electrons. The Morgan fingerprint density at radius 2 is 1.33 bits per heavy atom. The Morgan fingerprint density at radius 3 is 1.92 bits per heavy atom. The van der Waals surface area contributed by atoms with Crippen LogP contribution in [-0.2, 0) is 38.3 Å². The molecule has 20 heteroatoms. The fourth-order valence-corrected chi connectivity index (χ4v) is 8.01. The van der Waals surface area contributed by atoms with Crippen LogP contribution < -0.4 is 27.0 Å². The van der Waals surface area contributed by atoms with Crippen molar-refractivity contribution in [2.45, 2.75) is 93.9 Å². The molecule has 2 heterocycles. The SMILES string of the molecule is N=C(N)NCCC[C@H](NC(=O)[C@@H]1CCCN1C(=O)[C@H](CC(=O)O)NC(=O)[C@H](CCC(=O)O)NC(=O)OCC1c2ccccc2-c2ccccc21)C(=O)N1CCC[C@H]1C(=O)O. The van der Waals surface area contributed by atoms with E-state index in [0.29, 0.717) is 12.8 Å². The molecule has 2 fully saturated rings. The van der Waals surface area contributed by atoms with Crippen molar-refractivity contribution < 1.29 is 58.4 Å². The summed E-state index contributed by atoms with van der Waals surface area (Å²) < 4.78 is 5.54. The lowest BCUT2D eigenvalue weighted by atomic mass is 9.98. The first-order valence-electron chi connectivity index (χ1n) is 19.7. The maximum Gasteiger partial charge on any atom is 0.407 e. The summed E-state index contributed by atoms with van der Waals surface area (Å²) in [6.45, 7) is 0.191. The van der Waals surface area contributed by atoms with Crippen molar-refractivity contribution >= 4 is 53.6 Å². The second kappa shape index (κ2) is 20.3. The van der Waals surface area contributed by atoms with Crippen LogP contribution in [0.4, 0.5) is 4.79 Å². The molecule has 2 saturated heterocycles. The van der Waals surface area contributed by atoms with Crippen molar-refractivity contribution in [1.82, 2.24) is 31.1 Å². The first-order valence-corrected chi connectivity index (χ1v) is 19.7. The number of benzene rings is 2. The highest BCUT2D eigenvalue weighted by atomic mass is 16.5. The summed E-state index contributed by atoms with van der Waals surface area (Å²) in [7, 11) is 0. The highest BCUT2D eigenvalue weighted by Gasteiger charge is 2.42. The topological polar surface area (TPSA) is 311 Å². The van der Waals surface area contributed by atoms with Crippen LogP contribution in [0.25, 0.3) is 11.1 Å². The smallest absolute Gasteiger partial charge is 0.407 e. The molecule has 60 heavy (non-hydrogen) atoms. The minimum absolute atomic E-state index is 0.0162. The molecule has 0 radical (unpaired) electrons. The quantitative estimate of drug-likeness (QED) is 0.0530. The number of nitrogens with one attached hydrogen (secondary N) is 5. The predicted molar refractivity (Wildman–Crippen MR) is 211 cm³/mol. The largest absolute Gasteiger partial charge is 0.481 e. The normalized spacial score (nSPS) is 18.3. The fourth-order valence-electron chi connectivity index (χ4n) is 8.01. The Morgan fingerprint density at radius 1 is 0.750 bits per heavy atom. The Bertz CT molecular complexity index is 1950. The lowest BCUT2D eigenvalue weighted by Crippen LogP contribution is -2.59. The zero-order valence-corrected chi connectivity index (χ0v) is 32.8. The number of carbonyl (C=O) groups is 8. The number of ether oxygens (including phenoxy) is 1. The lowest BCUT2D eigenvalue weighted by molar-refractivity contribution is -0.150. The highest BCUT2D eigenvalue weighted by molar-refractivity contribution is 5.97. The van der Waals surface area contributed by atoms with Gasteiger partial charge in [0.15, 0.2) is 5.96 Å². The Labute approximate surface area is 344 Å². The summed E-state index contributed by atoms with van der Waals surface area (Å²) in [6.07, 6.45) is -1.64. The molecule has 10 N–H and O–H groups in total. The molecule has 0 unspecified atom stereocenters. The van der Waals surface area contributed by atoms with Crippen LogP contribution in [0, 0.1) is 5.41 Å². The van der Waals surface area contributed by atoms with Gasteiger partial charge in [-0.25, -0.2) is 9.59 Å². The summed E-state index contributed by atoms with van der Waals surface area (Å²) in [5.74, 6) is -8.00. The van der Waals surface area contributed by atoms with Crippen LogP contribution >= 0.6 is 0 Å². The first kappa shape index (κ1) is 44.4. The van der Waals surface area contributed by atoms with Gasteiger partial charge in [0.1, 0.15) is 36.8 Å². The van der Waals surface area contributed by atoms with Gasteiger partial charge in [0, 0.05) is 32.0 Å². The van der Waals surface area contributed by atoms with E-state index in [1.165, 1.54) is 4.90 Å². The number of hydrogen-bond donors (Lipinski definition) is 9. The number of nitrogens with zero attached hydrogens (tertiary/aromatic N) is 2. The molecule has 2 aromatic carbocycles. The number of fused-ring (bicyclic) bond motifs is 3. The number of guanidine groups is 1. The van der Waals surface area contributed by atoms with E-state index >= 15 is 0 Å². The summed E-state index contributed by atoms with van der Waals surface area (Å²) >= 11 is 0. The van der Waals surface area contributed by atoms with Crippen molar-refractivity contribution in [1.29, 1.82) is 5.41 Å². The van der Waals surface area contributed by atoms with Crippen molar-refractivity contribution in [3.05, 3.63) is 59.7 Å². The molecular weight excluding hydrogens is 784 g/mol. The van der Waals surface area contributed by atoms with Crippen LogP contribution in [-0.4, -0.2) is 135 Å². The zero-order chi connectivity index (χ0) is 43.5. The molecule has 5 atom stereocenters. The van der Waals surface area contributed by atoms with E-state index in [9.17, 15) is 53.7 Å². The third-order valence-corrected chi connectivity index (χ3v) is 10.9. The maximum atomic E-state index is 14.0. The molecule has 5 amide bonds. The van der Waals surface area contributed by atoms with Crippen molar-refractivity contribution in [3.63, 3.8) is 0 Å². The van der Waals surface area contributed by atoms with Crippen molar-refractivity contribution in [2.75, 3.05) is 26.2 Å². The van der Waals surface area contributed by atoms with E-state index in [1.807, 2.05) is 48.5 Å². The third kappa shape index (κ3) is 11.1. The zero-order valence-electron chi connectivity index (χ0n) is 32.8. The minimum Gasteiger partial charge on any atom is -0.481 e. The van der Waals surface area contributed by atoms with Gasteiger partial charge in [-0.3, -0.25) is 34.2 Å². The lowest BCUT2D eigenvalue weighted by Gasteiger charge is -2.31. The highest BCUT2D eigenvalue weighted by Crippen LogP contribution is 2.44. The molecule has 2 aromatic rings. The van der Waals surface area contributed by atoms with Gasteiger partial charge in [-0.05, 0) is 67.2 Å². The van der Waals surface area contributed by atoms with Gasteiger partial charge in [0.2, 0.25) is 23.6 Å². The van der Waals surface area contributed by atoms with E-state index in [-0.39, 0.29) is 63.8 Å². The van der Waals surface area contributed by atoms with Gasteiger partial charge in [-0.15, -0.1) is 0 Å². The number of carboxylic acid groups (broad SMARTS) is 3. The molecule has 0 spiro atoms. The maximum absolute atomic E-state index is 14.0. The number of nitrogens with two attached hydrogens (primary N) is 1. The number of hydrogen-bond acceptors (Lipinski definition) is 10. The molecule has 3 aliphatic rings. The summed E-state index contributed by atoms with van der Waals surface area (Å²) in [5, 5.41) is 46.1. The average Bonchev–Trinajstić information content (AvgIpc) is 3.97. The van der Waals surface area contributed by atoms with E-state index in [2.05, 4.69) is 21.3 Å². The molecule has 1 aliphatic carbocycles. The summed E-state index contributed by atoms with van der Waals surface area (Å²) in [6, 6.07) is 8.43. The van der Waals surface area contributed by atoms with Gasteiger partial charge in [0.05, 0.1) is 6.42 Å².